The number of aromatic nitrogens is 1. The summed E-state index contributed by atoms with van der Waals surface area (Å²) in [6.07, 6.45) is 5.87. The number of likely N-dealkylation sites (tertiary alicyclic amines) is 1. The molecule has 2 atom stereocenters. The lowest BCUT2D eigenvalue weighted by Crippen LogP contribution is -2.38. The highest BCUT2D eigenvalue weighted by Gasteiger charge is 2.25. The minimum absolute atomic E-state index is 0.406. The van der Waals surface area contributed by atoms with Crippen LogP contribution in [0, 0.1) is 0 Å². The van der Waals surface area contributed by atoms with E-state index in [0.717, 1.165) is 18.2 Å². The molecule has 2 unspecified atom stereocenters. The Hall–Kier alpha value is -0.650. The molecule has 1 N–H and O–H groups in total. The first kappa shape index (κ1) is 16.7. The van der Waals surface area contributed by atoms with Crippen LogP contribution in [0.4, 0.5) is 5.13 Å². The zero-order valence-electron chi connectivity index (χ0n) is 13.9. The van der Waals surface area contributed by atoms with E-state index >= 15 is 0 Å². The lowest BCUT2D eigenvalue weighted by molar-refractivity contribution is 0.270. The Morgan fingerprint density at radius 3 is 3.05 bits per heavy atom. The molecule has 0 amide bonds. The average Bonchev–Trinajstić information content (AvgIpc) is 3.13. The first-order chi connectivity index (χ1) is 10.2. The fourth-order valence-corrected chi connectivity index (χ4v) is 3.94. The van der Waals surface area contributed by atoms with Crippen LogP contribution < -0.4 is 10.2 Å². The minimum atomic E-state index is 0.406. The van der Waals surface area contributed by atoms with Gasteiger partial charge in [0, 0.05) is 36.8 Å². The first-order valence-electron chi connectivity index (χ1n) is 8.30. The van der Waals surface area contributed by atoms with Gasteiger partial charge in [0.05, 0.1) is 0 Å². The number of thiazole rings is 1. The van der Waals surface area contributed by atoms with Gasteiger partial charge in [0.2, 0.25) is 0 Å². The predicted molar refractivity (Wildman–Crippen MR) is 92.4 cm³/mol. The van der Waals surface area contributed by atoms with E-state index in [1.807, 2.05) is 17.5 Å². The van der Waals surface area contributed by atoms with E-state index < -0.39 is 0 Å². The van der Waals surface area contributed by atoms with Gasteiger partial charge in [-0.2, -0.15) is 0 Å². The van der Waals surface area contributed by atoms with Gasteiger partial charge in [0.15, 0.2) is 5.13 Å². The molecule has 1 aromatic heterocycles. The summed E-state index contributed by atoms with van der Waals surface area (Å²) in [6, 6.07) is 1.10. The molecule has 4 nitrogen and oxygen atoms in total. The number of anilines is 1. The minimum Gasteiger partial charge on any atom is -0.350 e. The SMILES string of the molecule is CCCNC(C)c1cnc(N(C)CC2CCCN2CC)s1. The molecule has 2 rings (SSSR count). The molecule has 0 aliphatic carbocycles. The summed E-state index contributed by atoms with van der Waals surface area (Å²) < 4.78 is 0. The van der Waals surface area contributed by atoms with Crippen LogP contribution >= 0.6 is 11.3 Å². The Bertz CT molecular complexity index is 420. The molecule has 1 saturated heterocycles. The third-order valence-corrected chi connectivity index (χ3v) is 5.65. The molecule has 1 aliphatic rings. The van der Waals surface area contributed by atoms with Crippen LogP contribution in [0.3, 0.4) is 0 Å². The van der Waals surface area contributed by atoms with Gasteiger partial charge in [-0.3, -0.25) is 4.90 Å². The largest absolute Gasteiger partial charge is 0.350 e. The summed E-state index contributed by atoms with van der Waals surface area (Å²) in [4.78, 5) is 10.9. The van der Waals surface area contributed by atoms with Gasteiger partial charge in [0.25, 0.3) is 0 Å². The third kappa shape index (κ3) is 4.41. The van der Waals surface area contributed by atoms with Gasteiger partial charge < -0.3 is 10.2 Å². The molecule has 0 saturated carbocycles. The van der Waals surface area contributed by atoms with Crippen molar-refractivity contribution >= 4 is 16.5 Å². The molecule has 1 aromatic rings. The van der Waals surface area contributed by atoms with Crippen LogP contribution in [0.5, 0.6) is 0 Å². The van der Waals surface area contributed by atoms with Crippen molar-refractivity contribution in [1.82, 2.24) is 15.2 Å². The maximum Gasteiger partial charge on any atom is 0.185 e. The Kier molecular flexibility index (Phi) is 6.45. The van der Waals surface area contributed by atoms with Gasteiger partial charge in [0.1, 0.15) is 0 Å². The Morgan fingerprint density at radius 2 is 2.33 bits per heavy atom. The summed E-state index contributed by atoms with van der Waals surface area (Å²) in [5, 5.41) is 4.68. The molecule has 2 heterocycles. The molecule has 0 bridgehead atoms. The summed E-state index contributed by atoms with van der Waals surface area (Å²) in [7, 11) is 2.18. The molecule has 1 aliphatic heterocycles. The van der Waals surface area contributed by atoms with Crippen molar-refractivity contribution < 1.29 is 0 Å². The summed E-state index contributed by atoms with van der Waals surface area (Å²) in [6.45, 7) is 11.3. The fraction of sp³-hybridized carbons (Fsp3) is 0.812. The highest BCUT2D eigenvalue weighted by Crippen LogP contribution is 2.28. The fourth-order valence-electron chi connectivity index (χ4n) is 3.03. The van der Waals surface area contributed by atoms with E-state index in [-0.39, 0.29) is 0 Å². The van der Waals surface area contributed by atoms with Gasteiger partial charge in [-0.1, -0.05) is 13.8 Å². The zero-order valence-corrected chi connectivity index (χ0v) is 14.7. The molecular weight excluding hydrogens is 280 g/mol. The highest BCUT2D eigenvalue weighted by molar-refractivity contribution is 7.15. The van der Waals surface area contributed by atoms with E-state index in [9.17, 15) is 0 Å². The van der Waals surface area contributed by atoms with Crippen LogP contribution in [0.25, 0.3) is 0 Å². The molecule has 5 heteroatoms. The zero-order chi connectivity index (χ0) is 15.2. The second kappa shape index (κ2) is 8.11. The maximum atomic E-state index is 4.62. The predicted octanol–water partition coefficient (Wildman–Crippen LogP) is 3.12. The number of hydrogen-bond acceptors (Lipinski definition) is 5. The number of nitrogens with one attached hydrogen (secondary N) is 1. The van der Waals surface area contributed by atoms with Gasteiger partial charge in [-0.15, -0.1) is 11.3 Å². The van der Waals surface area contributed by atoms with Crippen LogP contribution in [0.2, 0.25) is 0 Å². The molecule has 0 spiro atoms. The van der Waals surface area contributed by atoms with Gasteiger partial charge in [-0.05, 0) is 45.8 Å². The number of rotatable bonds is 8. The normalized spacial score (nSPS) is 20.9. The average molecular weight is 311 g/mol. The summed E-state index contributed by atoms with van der Waals surface area (Å²) in [5.41, 5.74) is 0. The van der Waals surface area contributed by atoms with Crippen LogP contribution in [0.15, 0.2) is 6.20 Å². The summed E-state index contributed by atoms with van der Waals surface area (Å²) >= 11 is 1.83. The van der Waals surface area contributed by atoms with E-state index in [4.69, 9.17) is 0 Å². The van der Waals surface area contributed by atoms with Crippen LogP contribution in [-0.4, -0.2) is 49.2 Å². The highest BCUT2D eigenvalue weighted by atomic mass is 32.1. The molecular formula is C16H30N4S. The molecule has 0 radical (unpaired) electrons. The van der Waals surface area contributed by atoms with Crippen LogP contribution in [0.1, 0.15) is 51.0 Å². The molecule has 21 heavy (non-hydrogen) atoms. The lowest BCUT2D eigenvalue weighted by Gasteiger charge is -2.27. The smallest absolute Gasteiger partial charge is 0.185 e. The van der Waals surface area contributed by atoms with E-state index in [0.29, 0.717) is 12.1 Å². The van der Waals surface area contributed by atoms with Crippen molar-refractivity contribution in [2.24, 2.45) is 0 Å². The number of likely N-dealkylation sites (N-methyl/N-ethyl adjacent to an activating group) is 2. The van der Waals surface area contributed by atoms with Crippen molar-refractivity contribution in [3.8, 4) is 0 Å². The van der Waals surface area contributed by atoms with Crippen molar-refractivity contribution in [3.63, 3.8) is 0 Å². The monoisotopic (exact) mass is 310 g/mol. The first-order valence-corrected chi connectivity index (χ1v) is 9.11. The molecule has 1 fully saturated rings. The number of hydrogen-bond donors (Lipinski definition) is 1. The van der Waals surface area contributed by atoms with Crippen molar-refractivity contribution in [2.45, 2.75) is 52.1 Å². The topological polar surface area (TPSA) is 31.4 Å². The van der Waals surface area contributed by atoms with E-state index in [1.54, 1.807) is 0 Å². The second-order valence-corrected chi connectivity index (χ2v) is 7.07. The van der Waals surface area contributed by atoms with Crippen molar-refractivity contribution in [1.29, 1.82) is 0 Å². The standard InChI is InChI=1S/C16H30N4S/c1-5-9-17-13(3)15-11-18-16(21-15)19(4)12-14-8-7-10-20(14)6-2/h11,13-14,17H,5-10,12H2,1-4H3. The van der Waals surface area contributed by atoms with Crippen molar-refractivity contribution in [3.05, 3.63) is 11.1 Å². The van der Waals surface area contributed by atoms with E-state index in [1.165, 1.54) is 37.2 Å². The number of nitrogens with zero attached hydrogens (tertiary/aromatic N) is 3. The third-order valence-electron chi connectivity index (χ3n) is 4.36. The Balaban J connectivity index is 1.90. The Morgan fingerprint density at radius 1 is 1.52 bits per heavy atom. The van der Waals surface area contributed by atoms with Crippen LogP contribution in [-0.2, 0) is 0 Å². The van der Waals surface area contributed by atoms with Gasteiger partial charge in [-0.25, -0.2) is 4.98 Å². The van der Waals surface area contributed by atoms with Crippen molar-refractivity contribution in [2.75, 3.05) is 38.1 Å². The quantitative estimate of drug-likeness (QED) is 0.799. The Labute approximate surface area is 133 Å². The van der Waals surface area contributed by atoms with Gasteiger partial charge >= 0.3 is 0 Å². The molecule has 120 valence electrons. The summed E-state index contributed by atoms with van der Waals surface area (Å²) in [5.74, 6) is 0. The van der Waals surface area contributed by atoms with E-state index in [2.05, 4.69) is 47.9 Å². The second-order valence-electron chi connectivity index (χ2n) is 6.03. The molecule has 0 aromatic carbocycles. The maximum absolute atomic E-state index is 4.62. The lowest BCUT2D eigenvalue weighted by atomic mass is 10.2.